The number of benzene rings is 1. The lowest BCUT2D eigenvalue weighted by Crippen LogP contribution is -2.22. The molecule has 160 valence electrons. The maximum Gasteiger partial charge on any atom is 0.308 e. The first-order valence-corrected chi connectivity index (χ1v) is 11.1. The maximum atomic E-state index is 12.5. The monoisotopic (exact) mass is 431 g/mol. The first kappa shape index (κ1) is 21.8. The number of carbonyl (C=O) groups is 2. The van der Waals surface area contributed by atoms with Crippen LogP contribution >= 0.6 is 0 Å². The van der Waals surface area contributed by atoms with Crippen LogP contribution in [0.15, 0.2) is 40.2 Å². The number of carbonyl (C=O) groups excluding carboxylic acids is 2. The Morgan fingerprint density at radius 2 is 1.90 bits per heavy atom. The molecule has 0 saturated heterocycles. The van der Waals surface area contributed by atoms with Crippen LogP contribution in [-0.4, -0.2) is 43.7 Å². The number of rotatable bonds is 7. The Balaban J connectivity index is 1.56. The van der Waals surface area contributed by atoms with Crippen molar-refractivity contribution >= 4 is 27.6 Å². The Labute approximate surface area is 176 Å². The van der Waals surface area contributed by atoms with E-state index in [4.69, 9.17) is 4.74 Å². The number of sulfonamides is 1. The Kier molecular flexibility index (Phi) is 6.12. The van der Waals surface area contributed by atoms with E-state index in [1.54, 1.807) is 24.3 Å². The standard InChI is InChI=1S/C21H25N3O5S/c1-13(2)24-14(3)11-17(15(24)4)18(25)12-29-20(26)9-10-22-21-16-7-5-6-8-19(16)30(27,28)23-21/h5-8,11,13H,9-10,12H2,1-4H3,(H,22,23). The Morgan fingerprint density at radius 1 is 1.20 bits per heavy atom. The fraction of sp³-hybridized carbons (Fsp3) is 0.381. The quantitative estimate of drug-likeness (QED) is 0.536. The second kappa shape index (κ2) is 8.43. The minimum atomic E-state index is -3.61. The minimum absolute atomic E-state index is 0.0427. The number of nitrogens with zero attached hydrogens (tertiary/aromatic N) is 2. The molecule has 0 fully saturated rings. The molecule has 0 bridgehead atoms. The van der Waals surface area contributed by atoms with E-state index < -0.39 is 16.0 Å². The molecule has 2 heterocycles. The number of nitrogens with one attached hydrogen (secondary N) is 1. The minimum Gasteiger partial charge on any atom is -0.457 e. The molecule has 0 unspecified atom stereocenters. The van der Waals surface area contributed by atoms with Gasteiger partial charge in [-0.1, -0.05) is 12.1 Å². The van der Waals surface area contributed by atoms with Gasteiger partial charge in [0.25, 0.3) is 10.0 Å². The van der Waals surface area contributed by atoms with Crippen molar-refractivity contribution in [2.45, 2.75) is 45.1 Å². The van der Waals surface area contributed by atoms with E-state index in [9.17, 15) is 18.0 Å². The van der Waals surface area contributed by atoms with Gasteiger partial charge in [0.15, 0.2) is 6.61 Å². The van der Waals surface area contributed by atoms with Crippen LogP contribution in [0.5, 0.6) is 0 Å². The zero-order valence-corrected chi connectivity index (χ0v) is 18.2. The van der Waals surface area contributed by atoms with Crippen molar-refractivity contribution in [2.75, 3.05) is 13.2 Å². The van der Waals surface area contributed by atoms with Gasteiger partial charge in [-0.15, -0.1) is 0 Å². The highest BCUT2D eigenvalue weighted by Crippen LogP contribution is 2.22. The Bertz CT molecular complexity index is 1130. The predicted molar refractivity (Wildman–Crippen MR) is 112 cm³/mol. The fourth-order valence-electron chi connectivity index (χ4n) is 3.66. The lowest BCUT2D eigenvalue weighted by Gasteiger charge is -2.13. The van der Waals surface area contributed by atoms with Crippen LogP contribution < -0.4 is 4.72 Å². The number of fused-ring (bicyclic) bond motifs is 1. The van der Waals surface area contributed by atoms with E-state index in [1.165, 1.54) is 6.07 Å². The Hall–Kier alpha value is -2.94. The molecule has 1 aliphatic heterocycles. The number of hydrogen-bond acceptors (Lipinski definition) is 6. The molecule has 0 saturated carbocycles. The van der Waals surface area contributed by atoms with Crippen LogP contribution in [0.2, 0.25) is 0 Å². The summed E-state index contributed by atoms with van der Waals surface area (Å²) >= 11 is 0. The highest BCUT2D eigenvalue weighted by molar-refractivity contribution is 7.90. The number of amidine groups is 1. The van der Waals surface area contributed by atoms with Gasteiger partial charge in [0.1, 0.15) is 5.84 Å². The lowest BCUT2D eigenvalue weighted by molar-refractivity contribution is -0.142. The molecule has 3 rings (SSSR count). The van der Waals surface area contributed by atoms with Gasteiger partial charge in [0, 0.05) is 28.6 Å². The van der Waals surface area contributed by atoms with Gasteiger partial charge in [0.05, 0.1) is 17.9 Å². The van der Waals surface area contributed by atoms with Crippen molar-refractivity contribution in [3.63, 3.8) is 0 Å². The molecule has 30 heavy (non-hydrogen) atoms. The molecule has 8 nitrogen and oxygen atoms in total. The summed E-state index contributed by atoms with van der Waals surface area (Å²) < 4.78 is 33.6. The van der Waals surface area contributed by atoms with E-state index in [1.807, 2.05) is 27.7 Å². The second-order valence-corrected chi connectivity index (χ2v) is 9.07. The van der Waals surface area contributed by atoms with E-state index in [0.717, 1.165) is 11.4 Å². The summed E-state index contributed by atoms with van der Waals surface area (Å²) in [5.74, 6) is -0.623. The number of aliphatic imine (C=N–C) groups is 1. The van der Waals surface area contributed by atoms with Crippen LogP contribution in [0, 0.1) is 13.8 Å². The molecular formula is C21H25N3O5S. The van der Waals surface area contributed by atoms with E-state index in [-0.39, 0.29) is 42.1 Å². The predicted octanol–water partition coefficient (Wildman–Crippen LogP) is 2.54. The molecule has 0 aliphatic carbocycles. The van der Waals surface area contributed by atoms with Crippen molar-refractivity contribution in [3.8, 4) is 0 Å². The molecule has 1 aromatic carbocycles. The van der Waals surface area contributed by atoms with Crippen LogP contribution in [-0.2, 0) is 19.6 Å². The number of Topliss-reactive ketones (excluding diaryl/α,β-unsaturated/α-hetero) is 1. The average molecular weight is 432 g/mol. The van der Waals surface area contributed by atoms with Crippen molar-refractivity contribution in [2.24, 2.45) is 4.99 Å². The highest BCUT2D eigenvalue weighted by atomic mass is 32.2. The topological polar surface area (TPSA) is 107 Å². The van der Waals surface area contributed by atoms with Gasteiger partial charge in [-0.25, -0.2) is 8.42 Å². The largest absolute Gasteiger partial charge is 0.457 e. The number of ether oxygens (including phenoxy) is 1. The summed E-state index contributed by atoms with van der Waals surface area (Å²) in [5, 5.41) is 0. The second-order valence-electron chi connectivity index (χ2n) is 7.41. The summed E-state index contributed by atoms with van der Waals surface area (Å²) in [5.41, 5.74) is 2.85. The zero-order valence-electron chi connectivity index (χ0n) is 17.4. The molecule has 0 atom stereocenters. The van der Waals surface area contributed by atoms with Crippen LogP contribution in [0.25, 0.3) is 0 Å². The maximum absolute atomic E-state index is 12.5. The highest BCUT2D eigenvalue weighted by Gasteiger charge is 2.30. The van der Waals surface area contributed by atoms with Gasteiger partial charge in [-0.05, 0) is 45.9 Å². The molecule has 9 heteroatoms. The summed E-state index contributed by atoms with van der Waals surface area (Å²) in [4.78, 5) is 28.8. The SMILES string of the molecule is Cc1cc(C(=O)COC(=O)CCN=C2NS(=O)(=O)c3ccccc32)c(C)n1C(C)C. The number of hydrogen-bond donors (Lipinski definition) is 1. The van der Waals surface area contributed by atoms with Crippen LogP contribution in [0.1, 0.15) is 53.6 Å². The first-order valence-electron chi connectivity index (χ1n) is 9.65. The lowest BCUT2D eigenvalue weighted by atomic mass is 10.1. The molecule has 1 N–H and O–H groups in total. The number of aryl methyl sites for hydroxylation is 1. The fourth-order valence-corrected chi connectivity index (χ4v) is 4.91. The number of ketones is 1. The molecule has 1 aliphatic rings. The number of esters is 1. The number of aromatic nitrogens is 1. The molecule has 0 radical (unpaired) electrons. The normalized spacial score (nSPS) is 15.8. The molecule has 2 aromatic rings. The van der Waals surface area contributed by atoms with Gasteiger partial charge in [-0.3, -0.25) is 19.3 Å². The Morgan fingerprint density at radius 3 is 2.57 bits per heavy atom. The smallest absolute Gasteiger partial charge is 0.308 e. The van der Waals surface area contributed by atoms with Gasteiger partial charge < -0.3 is 9.30 Å². The summed E-state index contributed by atoms with van der Waals surface area (Å²) in [7, 11) is -3.61. The third kappa shape index (κ3) is 4.30. The summed E-state index contributed by atoms with van der Waals surface area (Å²) in [6, 6.07) is 8.53. The summed E-state index contributed by atoms with van der Waals surface area (Å²) in [6.07, 6.45) is -0.0638. The summed E-state index contributed by atoms with van der Waals surface area (Å²) in [6.45, 7) is 7.59. The molecular weight excluding hydrogens is 406 g/mol. The van der Waals surface area contributed by atoms with E-state index >= 15 is 0 Å². The third-order valence-electron chi connectivity index (χ3n) is 4.91. The van der Waals surface area contributed by atoms with E-state index in [0.29, 0.717) is 11.1 Å². The van der Waals surface area contributed by atoms with Crippen LogP contribution in [0.4, 0.5) is 0 Å². The van der Waals surface area contributed by atoms with Crippen molar-refractivity contribution < 1.29 is 22.7 Å². The van der Waals surface area contributed by atoms with Crippen LogP contribution in [0.3, 0.4) is 0 Å². The average Bonchev–Trinajstić information content (AvgIpc) is 3.13. The van der Waals surface area contributed by atoms with E-state index in [2.05, 4.69) is 14.3 Å². The van der Waals surface area contributed by atoms with Gasteiger partial charge >= 0.3 is 5.97 Å². The molecule has 1 aromatic heterocycles. The zero-order chi connectivity index (χ0) is 22.1. The van der Waals surface area contributed by atoms with Gasteiger partial charge in [0.2, 0.25) is 5.78 Å². The van der Waals surface area contributed by atoms with Crippen molar-refractivity contribution in [1.82, 2.24) is 9.29 Å². The molecule has 0 spiro atoms. The molecule has 0 amide bonds. The third-order valence-corrected chi connectivity index (χ3v) is 6.31. The van der Waals surface area contributed by atoms with Crippen molar-refractivity contribution in [3.05, 3.63) is 52.8 Å². The first-order chi connectivity index (χ1) is 14.1. The van der Waals surface area contributed by atoms with Gasteiger partial charge in [-0.2, -0.15) is 0 Å². The van der Waals surface area contributed by atoms with Crippen molar-refractivity contribution in [1.29, 1.82) is 0 Å².